The van der Waals surface area contributed by atoms with Crippen LogP contribution in [0.1, 0.15) is 31.2 Å². The Bertz CT molecular complexity index is 745. The number of hydrogen-bond donors (Lipinski definition) is 3. The number of nitrogens with zero attached hydrogens (tertiary/aromatic N) is 1. The number of carboxylic acid groups (broad SMARTS) is 1. The molecule has 0 aliphatic heterocycles. The number of hydrogen-bond acceptors (Lipinski definition) is 4. The van der Waals surface area contributed by atoms with Crippen LogP contribution in [0, 0.1) is 18.7 Å². The summed E-state index contributed by atoms with van der Waals surface area (Å²) in [4.78, 5) is 27.2. The summed E-state index contributed by atoms with van der Waals surface area (Å²) in [6.07, 6.45) is 2.43. The molecule has 1 heterocycles. The molecular formula is C16H18FN3O3S. The van der Waals surface area contributed by atoms with Gasteiger partial charge in [0.25, 0.3) is 0 Å². The molecule has 8 heteroatoms. The predicted molar refractivity (Wildman–Crippen MR) is 89.9 cm³/mol. The number of carbonyl (C=O) groups excluding carboxylic acids is 1. The van der Waals surface area contributed by atoms with Gasteiger partial charge in [0.15, 0.2) is 5.13 Å². The van der Waals surface area contributed by atoms with Crippen molar-refractivity contribution < 1.29 is 19.1 Å². The lowest BCUT2D eigenvalue weighted by molar-refractivity contribution is -0.142. The van der Waals surface area contributed by atoms with Gasteiger partial charge in [0.2, 0.25) is 0 Å². The predicted octanol–water partition coefficient (Wildman–Crippen LogP) is 3.51. The van der Waals surface area contributed by atoms with Gasteiger partial charge in [-0.1, -0.05) is 11.3 Å². The number of carbonyl (C=O) groups is 2. The Morgan fingerprint density at radius 3 is 2.67 bits per heavy atom. The van der Waals surface area contributed by atoms with Crippen molar-refractivity contribution in [2.24, 2.45) is 5.92 Å². The van der Waals surface area contributed by atoms with Crippen molar-refractivity contribution in [3.63, 3.8) is 0 Å². The summed E-state index contributed by atoms with van der Waals surface area (Å²) in [6, 6.07) is 2.66. The van der Waals surface area contributed by atoms with E-state index in [0.717, 1.165) is 4.70 Å². The van der Waals surface area contributed by atoms with Gasteiger partial charge in [0.1, 0.15) is 5.82 Å². The van der Waals surface area contributed by atoms with Crippen LogP contribution in [0.25, 0.3) is 10.2 Å². The van der Waals surface area contributed by atoms with Gasteiger partial charge in [0, 0.05) is 12.1 Å². The summed E-state index contributed by atoms with van der Waals surface area (Å²) in [5.41, 5.74) is 1.05. The van der Waals surface area contributed by atoms with Gasteiger partial charge in [-0.2, -0.15) is 0 Å². The third-order valence-electron chi connectivity index (χ3n) is 4.30. The van der Waals surface area contributed by atoms with Crippen LogP contribution >= 0.6 is 11.3 Å². The molecule has 2 amide bonds. The molecule has 0 radical (unpaired) electrons. The Morgan fingerprint density at radius 2 is 2.00 bits per heavy atom. The maximum absolute atomic E-state index is 13.5. The third-order valence-corrected chi connectivity index (χ3v) is 5.23. The standard InChI is InChI=1S/C16H18FN3O3S/c1-8-6-13-12(7-11(8)17)19-16(24-13)20-15(23)18-10-4-2-9(3-5-10)14(21)22/h6-7,9-10H,2-5H2,1H3,(H,21,22)(H2,18,19,20,23). The van der Waals surface area contributed by atoms with Gasteiger partial charge < -0.3 is 10.4 Å². The molecule has 0 spiro atoms. The van der Waals surface area contributed by atoms with E-state index in [1.54, 1.807) is 13.0 Å². The number of amides is 2. The van der Waals surface area contributed by atoms with Crippen LogP contribution in [0.5, 0.6) is 0 Å². The summed E-state index contributed by atoms with van der Waals surface area (Å²) < 4.78 is 14.4. The molecule has 1 saturated carbocycles. The van der Waals surface area contributed by atoms with Crippen LogP contribution in [0.3, 0.4) is 0 Å². The largest absolute Gasteiger partial charge is 0.481 e. The van der Waals surface area contributed by atoms with E-state index in [1.807, 2.05) is 0 Å². The number of aromatic nitrogens is 1. The van der Waals surface area contributed by atoms with E-state index in [2.05, 4.69) is 15.6 Å². The van der Waals surface area contributed by atoms with Gasteiger partial charge in [-0.05, 0) is 44.2 Å². The van der Waals surface area contributed by atoms with Gasteiger partial charge in [-0.15, -0.1) is 0 Å². The topological polar surface area (TPSA) is 91.3 Å². The number of urea groups is 1. The molecule has 1 aliphatic carbocycles. The monoisotopic (exact) mass is 351 g/mol. The number of halogens is 1. The van der Waals surface area contributed by atoms with Crippen molar-refractivity contribution in [1.82, 2.24) is 10.3 Å². The summed E-state index contributed by atoms with van der Waals surface area (Å²) in [7, 11) is 0. The van der Waals surface area contributed by atoms with Crippen molar-refractivity contribution in [2.45, 2.75) is 38.6 Å². The van der Waals surface area contributed by atoms with E-state index in [0.29, 0.717) is 41.9 Å². The summed E-state index contributed by atoms with van der Waals surface area (Å²) in [6.45, 7) is 1.68. The molecule has 0 bridgehead atoms. The average molecular weight is 351 g/mol. The SMILES string of the molecule is Cc1cc2sc(NC(=O)NC3CCC(C(=O)O)CC3)nc2cc1F. The Morgan fingerprint density at radius 1 is 1.29 bits per heavy atom. The molecule has 3 rings (SSSR count). The van der Waals surface area contributed by atoms with Crippen LogP contribution in [-0.2, 0) is 4.79 Å². The molecule has 0 unspecified atom stereocenters. The van der Waals surface area contributed by atoms with E-state index in [1.165, 1.54) is 17.4 Å². The van der Waals surface area contributed by atoms with Gasteiger partial charge in [-0.3, -0.25) is 10.1 Å². The van der Waals surface area contributed by atoms with Crippen molar-refractivity contribution in [3.05, 3.63) is 23.5 Å². The summed E-state index contributed by atoms with van der Waals surface area (Å²) >= 11 is 1.29. The smallest absolute Gasteiger partial charge is 0.321 e. The fraction of sp³-hybridized carbons (Fsp3) is 0.438. The molecule has 128 valence electrons. The lowest BCUT2D eigenvalue weighted by Crippen LogP contribution is -2.40. The maximum atomic E-state index is 13.5. The molecule has 1 fully saturated rings. The zero-order valence-electron chi connectivity index (χ0n) is 13.1. The van der Waals surface area contributed by atoms with Crippen molar-refractivity contribution in [1.29, 1.82) is 0 Å². The minimum atomic E-state index is -0.769. The Balaban J connectivity index is 1.58. The molecule has 2 aromatic rings. The molecule has 3 N–H and O–H groups in total. The zero-order valence-corrected chi connectivity index (χ0v) is 14.0. The third kappa shape index (κ3) is 3.64. The first-order chi connectivity index (χ1) is 11.4. The average Bonchev–Trinajstić information content (AvgIpc) is 2.89. The van der Waals surface area contributed by atoms with Crippen LogP contribution in [0.2, 0.25) is 0 Å². The molecule has 6 nitrogen and oxygen atoms in total. The highest BCUT2D eigenvalue weighted by molar-refractivity contribution is 7.22. The number of anilines is 1. The highest BCUT2D eigenvalue weighted by Gasteiger charge is 2.26. The quantitative estimate of drug-likeness (QED) is 0.789. The van der Waals surface area contributed by atoms with E-state index >= 15 is 0 Å². The highest BCUT2D eigenvalue weighted by Crippen LogP contribution is 2.28. The lowest BCUT2D eigenvalue weighted by Gasteiger charge is -2.26. The second-order valence-electron chi connectivity index (χ2n) is 6.07. The maximum Gasteiger partial charge on any atom is 0.321 e. The molecule has 1 aromatic carbocycles. The zero-order chi connectivity index (χ0) is 17.3. The fourth-order valence-corrected chi connectivity index (χ4v) is 3.85. The number of aliphatic carboxylic acids is 1. The second-order valence-corrected chi connectivity index (χ2v) is 7.10. The molecule has 1 aromatic heterocycles. The minimum Gasteiger partial charge on any atom is -0.481 e. The van der Waals surface area contributed by atoms with Gasteiger partial charge >= 0.3 is 12.0 Å². The Labute approximate surface area is 142 Å². The van der Waals surface area contributed by atoms with Crippen molar-refractivity contribution in [2.75, 3.05) is 5.32 Å². The van der Waals surface area contributed by atoms with E-state index in [-0.39, 0.29) is 23.8 Å². The van der Waals surface area contributed by atoms with Gasteiger partial charge in [0.05, 0.1) is 16.1 Å². The first-order valence-electron chi connectivity index (χ1n) is 7.79. The number of rotatable bonds is 3. The molecule has 0 atom stereocenters. The normalized spacial score (nSPS) is 20.8. The number of benzene rings is 1. The fourth-order valence-electron chi connectivity index (χ4n) is 2.91. The number of fused-ring (bicyclic) bond motifs is 1. The summed E-state index contributed by atoms with van der Waals surface area (Å²) in [5, 5.41) is 14.9. The van der Waals surface area contributed by atoms with Crippen LogP contribution in [-0.4, -0.2) is 28.1 Å². The number of aryl methyl sites for hydroxylation is 1. The first-order valence-corrected chi connectivity index (χ1v) is 8.61. The van der Waals surface area contributed by atoms with E-state index in [4.69, 9.17) is 5.11 Å². The molecule has 0 saturated heterocycles. The van der Waals surface area contributed by atoms with Crippen LogP contribution in [0.4, 0.5) is 14.3 Å². The van der Waals surface area contributed by atoms with Crippen LogP contribution < -0.4 is 10.6 Å². The number of nitrogens with one attached hydrogen (secondary N) is 2. The molecule has 24 heavy (non-hydrogen) atoms. The van der Waals surface area contributed by atoms with Crippen molar-refractivity contribution >= 4 is 38.7 Å². The second kappa shape index (κ2) is 6.72. The summed E-state index contributed by atoms with van der Waals surface area (Å²) in [5.74, 6) is -1.40. The van der Waals surface area contributed by atoms with Gasteiger partial charge in [-0.25, -0.2) is 14.2 Å². The minimum absolute atomic E-state index is 0.0327. The molecule has 1 aliphatic rings. The van der Waals surface area contributed by atoms with Crippen molar-refractivity contribution in [3.8, 4) is 0 Å². The van der Waals surface area contributed by atoms with E-state index < -0.39 is 5.97 Å². The first kappa shape index (κ1) is 16.6. The Kier molecular flexibility index (Phi) is 4.66. The number of thiazole rings is 1. The highest BCUT2D eigenvalue weighted by atomic mass is 32.1. The van der Waals surface area contributed by atoms with Crippen LogP contribution in [0.15, 0.2) is 12.1 Å². The number of carboxylic acids is 1. The van der Waals surface area contributed by atoms with E-state index in [9.17, 15) is 14.0 Å². The lowest BCUT2D eigenvalue weighted by atomic mass is 9.86. The molecular weight excluding hydrogens is 333 g/mol. The Hall–Kier alpha value is -2.22.